The average molecular weight is 348 g/mol. The number of hydrogen-bond acceptors (Lipinski definition) is 2. The summed E-state index contributed by atoms with van der Waals surface area (Å²) in [6.45, 7) is 0.704. The van der Waals surface area contributed by atoms with Gasteiger partial charge < -0.3 is 14.6 Å². The third-order valence-corrected chi connectivity index (χ3v) is 5.47. The van der Waals surface area contributed by atoms with Crippen LogP contribution in [-0.4, -0.2) is 24.1 Å². The van der Waals surface area contributed by atoms with E-state index in [1.165, 1.54) is 16.5 Å². The summed E-state index contributed by atoms with van der Waals surface area (Å²) in [5.41, 5.74) is 3.70. The number of aryl methyl sites for hydroxylation is 1. The Morgan fingerprint density at radius 2 is 1.88 bits per heavy atom. The molecule has 134 valence electrons. The summed E-state index contributed by atoms with van der Waals surface area (Å²) < 4.78 is 7.34. The monoisotopic (exact) mass is 348 g/mol. The SMILES string of the molecule is COc1ccc(CC(=O)NCC2(c3cn(C)c4ccccc34)CC2)cc1. The number of ether oxygens (including phenoxy) is 1. The van der Waals surface area contributed by atoms with Crippen LogP contribution in [0.15, 0.2) is 54.7 Å². The van der Waals surface area contributed by atoms with Crippen molar-refractivity contribution in [3.05, 3.63) is 65.9 Å². The topological polar surface area (TPSA) is 43.3 Å². The fourth-order valence-corrected chi connectivity index (χ4v) is 3.72. The number of nitrogens with zero attached hydrogens (tertiary/aromatic N) is 1. The molecule has 0 atom stereocenters. The predicted molar refractivity (Wildman–Crippen MR) is 104 cm³/mol. The highest BCUT2D eigenvalue weighted by Crippen LogP contribution is 2.50. The molecular weight excluding hydrogens is 324 g/mol. The lowest BCUT2D eigenvalue weighted by Crippen LogP contribution is -2.33. The van der Waals surface area contributed by atoms with Crippen LogP contribution in [0.4, 0.5) is 0 Å². The van der Waals surface area contributed by atoms with Crippen LogP contribution in [0.5, 0.6) is 5.75 Å². The molecule has 1 amide bonds. The molecule has 1 aliphatic carbocycles. The van der Waals surface area contributed by atoms with Crippen molar-refractivity contribution in [3.63, 3.8) is 0 Å². The molecule has 1 heterocycles. The molecule has 1 N–H and O–H groups in total. The molecule has 4 heteroatoms. The van der Waals surface area contributed by atoms with Gasteiger partial charge >= 0.3 is 0 Å². The van der Waals surface area contributed by atoms with Crippen LogP contribution in [0, 0.1) is 0 Å². The molecule has 0 saturated heterocycles. The highest BCUT2D eigenvalue weighted by Gasteiger charge is 2.46. The number of para-hydroxylation sites is 1. The summed E-state index contributed by atoms with van der Waals surface area (Å²) >= 11 is 0. The molecule has 1 aliphatic rings. The summed E-state index contributed by atoms with van der Waals surface area (Å²) in [5, 5.41) is 4.46. The van der Waals surface area contributed by atoms with E-state index in [2.05, 4.69) is 47.4 Å². The van der Waals surface area contributed by atoms with E-state index in [0.717, 1.165) is 24.2 Å². The van der Waals surface area contributed by atoms with Crippen molar-refractivity contribution in [2.45, 2.75) is 24.7 Å². The van der Waals surface area contributed by atoms with Crippen molar-refractivity contribution in [1.82, 2.24) is 9.88 Å². The molecule has 4 rings (SSSR count). The first kappa shape index (κ1) is 16.7. The molecule has 0 aliphatic heterocycles. The lowest BCUT2D eigenvalue weighted by Gasteiger charge is -2.16. The van der Waals surface area contributed by atoms with Crippen LogP contribution in [-0.2, 0) is 23.7 Å². The van der Waals surface area contributed by atoms with Gasteiger partial charge in [0.05, 0.1) is 13.5 Å². The molecule has 26 heavy (non-hydrogen) atoms. The van der Waals surface area contributed by atoms with E-state index in [1.807, 2.05) is 24.3 Å². The molecule has 0 bridgehead atoms. The fourth-order valence-electron chi connectivity index (χ4n) is 3.72. The van der Waals surface area contributed by atoms with E-state index in [0.29, 0.717) is 13.0 Å². The maximum atomic E-state index is 12.4. The summed E-state index contributed by atoms with van der Waals surface area (Å²) in [4.78, 5) is 12.4. The molecule has 3 aromatic rings. The van der Waals surface area contributed by atoms with Crippen LogP contribution in [0.2, 0.25) is 0 Å². The Hall–Kier alpha value is -2.75. The normalized spacial score (nSPS) is 15.0. The van der Waals surface area contributed by atoms with Crippen molar-refractivity contribution in [2.24, 2.45) is 7.05 Å². The second-order valence-electron chi connectivity index (χ2n) is 7.25. The number of nitrogens with one attached hydrogen (secondary N) is 1. The van der Waals surface area contributed by atoms with Crippen LogP contribution in [0.25, 0.3) is 10.9 Å². The van der Waals surface area contributed by atoms with Gasteiger partial charge in [-0.3, -0.25) is 4.79 Å². The van der Waals surface area contributed by atoms with Gasteiger partial charge in [0.2, 0.25) is 5.91 Å². The molecular formula is C22H24N2O2. The molecule has 2 aromatic carbocycles. The Morgan fingerprint density at radius 3 is 2.58 bits per heavy atom. The molecule has 1 aromatic heterocycles. The lowest BCUT2D eigenvalue weighted by molar-refractivity contribution is -0.120. The summed E-state index contributed by atoms with van der Waals surface area (Å²) in [6, 6.07) is 16.2. The van der Waals surface area contributed by atoms with Crippen molar-refractivity contribution >= 4 is 16.8 Å². The Labute approximate surface area is 153 Å². The number of fused-ring (bicyclic) bond motifs is 1. The van der Waals surface area contributed by atoms with Crippen molar-refractivity contribution in [3.8, 4) is 5.75 Å². The zero-order valence-electron chi connectivity index (χ0n) is 15.3. The second kappa shape index (κ2) is 6.52. The first-order chi connectivity index (χ1) is 12.6. The number of methoxy groups -OCH3 is 1. The van der Waals surface area contributed by atoms with E-state index < -0.39 is 0 Å². The highest BCUT2D eigenvalue weighted by atomic mass is 16.5. The van der Waals surface area contributed by atoms with Gasteiger partial charge in [0, 0.05) is 36.1 Å². The third-order valence-electron chi connectivity index (χ3n) is 5.47. The average Bonchev–Trinajstić information content (AvgIpc) is 3.38. The van der Waals surface area contributed by atoms with Crippen LogP contribution in [0.3, 0.4) is 0 Å². The van der Waals surface area contributed by atoms with E-state index >= 15 is 0 Å². The van der Waals surface area contributed by atoms with Crippen LogP contribution >= 0.6 is 0 Å². The van der Waals surface area contributed by atoms with Gasteiger partial charge in [-0.15, -0.1) is 0 Å². The van der Waals surface area contributed by atoms with E-state index in [-0.39, 0.29) is 11.3 Å². The van der Waals surface area contributed by atoms with Gasteiger partial charge in [0.25, 0.3) is 0 Å². The Balaban J connectivity index is 1.44. The lowest BCUT2D eigenvalue weighted by atomic mass is 9.95. The number of aromatic nitrogens is 1. The molecule has 0 spiro atoms. The molecule has 0 radical (unpaired) electrons. The van der Waals surface area contributed by atoms with Gasteiger partial charge in [-0.25, -0.2) is 0 Å². The maximum absolute atomic E-state index is 12.4. The zero-order valence-corrected chi connectivity index (χ0v) is 15.3. The first-order valence-corrected chi connectivity index (χ1v) is 9.05. The number of rotatable bonds is 6. The van der Waals surface area contributed by atoms with Gasteiger partial charge in [-0.2, -0.15) is 0 Å². The Kier molecular flexibility index (Phi) is 4.19. The minimum Gasteiger partial charge on any atom is -0.497 e. The van der Waals surface area contributed by atoms with E-state index in [1.54, 1.807) is 7.11 Å². The van der Waals surface area contributed by atoms with Crippen molar-refractivity contribution in [2.75, 3.05) is 13.7 Å². The number of amides is 1. The van der Waals surface area contributed by atoms with Crippen molar-refractivity contribution < 1.29 is 9.53 Å². The number of carbonyl (C=O) groups excluding carboxylic acids is 1. The fraction of sp³-hybridized carbons (Fsp3) is 0.318. The van der Waals surface area contributed by atoms with Crippen LogP contribution < -0.4 is 10.1 Å². The summed E-state index contributed by atoms with van der Waals surface area (Å²) in [6.07, 6.45) is 4.89. The van der Waals surface area contributed by atoms with Gasteiger partial charge in [0.1, 0.15) is 5.75 Å². The third kappa shape index (κ3) is 3.07. The molecule has 1 saturated carbocycles. The number of hydrogen-bond donors (Lipinski definition) is 1. The molecule has 4 nitrogen and oxygen atoms in total. The van der Waals surface area contributed by atoms with Gasteiger partial charge in [-0.1, -0.05) is 30.3 Å². The van der Waals surface area contributed by atoms with Gasteiger partial charge in [0.15, 0.2) is 0 Å². The molecule has 0 unspecified atom stereocenters. The van der Waals surface area contributed by atoms with E-state index in [4.69, 9.17) is 4.74 Å². The number of carbonyl (C=O) groups is 1. The van der Waals surface area contributed by atoms with Crippen molar-refractivity contribution in [1.29, 1.82) is 0 Å². The highest BCUT2D eigenvalue weighted by molar-refractivity contribution is 5.86. The maximum Gasteiger partial charge on any atom is 0.224 e. The standard InChI is InChI=1S/C22H24N2O2/c1-24-14-19(18-5-3-4-6-20(18)24)22(11-12-22)15-23-21(25)13-16-7-9-17(26-2)10-8-16/h3-10,14H,11-13,15H2,1-2H3,(H,23,25). The van der Waals surface area contributed by atoms with Crippen LogP contribution in [0.1, 0.15) is 24.0 Å². The van der Waals surface area contributed by atoms with E-state index in [9.17, 15) is 4.79 Å². The summed E-state index contributed by atoms with van der Waals surface area (Å²) in [7, 11) is 3.73. The largest absolute Gasteiger partial charge is 0.497 e. The smallest absolute Gasteiger partial charge is 0.224 e. The number of benzene rings is 2. The summed E-state index contributed by atoms with van der Waals surface area (Å²) in [5.74, 6) is 0.878. The zero-order chi connectivity index (χ0) is 18.1. The first-order valence-electron chi connectivity index (χ1n) is 9.05. The quantitative estimate of drug-likeness (QED) is 0.740. The molecule has 1 fully saturated rings. The predicted octanol–water partition coefficient (Wildman–Crippen LogP) is 3.58. The minimum atomic E-state index is 0.0710. The Morgan fingerprint density at radius 1 is 1.15 bits per heavy atom. The Bertz CT molecular complexity index is 936. The second-order valence-corrected chi connectivity index (χ2v) is 7.25. The minimum absolute atomic E-state index is 0.0710. The van der Waals surface area contributed by atoms with Gasteiger partial charge in [-0.05, 0) is 42.2 Å².